The molecule has 5 heteroatoms. The number of rotatable bonds is 5. The Labute approximate surface area is 165 Å². The van der Waals surface area contributed by atoms with Crippen molar-refractivity contribution >= 4 is 45.1 Å². The minimum Gasteiger partial charge on any atom is -0.321 e. The van der Waals surface area contributed by atoms with Gasteiger partial charge in [0.25, 0.3) is 5.91 Å². The molecule has 0 radical (unpaired) electrons. The first-order chi connectivity index (χ1) is 12.6. The van der Waals surface area contributed by atoms with Crippen LogP contribution in [-0.4, -0.2) is 17.9 Å². The summed E-state index contributed by atoms with van der Waals surface area (Å²) in [6, 6.07) is 21.7. The molecule has 0 heterocycles. The Morgan fingerprint density at radius 2 is 1.58 bits per heavy atom. The van der Waals surface area contributed by atoms with Crippen LogP contribution in [0.15, 0.2) is 82.2 Å². The first kappa shape index (κ1) is 18.4. The lowest BCUT2D eigenvalue weighted by atomic mass is 10.0. The Morgan fingerprint density at radius 3 is 2.31 bits per heavy atom. The SMILES string of the molecule is CSc1ccccc1C(=O)Nc1ccc(Br)cc1C(=O)c1ccccc1. The predicted molar refractivity (Wildman–Crippen MR) is 110 cm³/mol. The molecule has 0 aromatic heterocycles. The number of carbonyl (C=O) groups excluding carboxylic acids is 2. The summed E-state index contributed by atoms with van der Waals surface area (Å²) in [4.78, 5) is 26.5. The van der Waals surface area contributed by atoms with Gasteiger partial charge in [-0.1, -0.05) is 58.4 Å². The van der Waals surface area contributed by atoms with Gasteiger partial charge in [-0.3, -0.25) is 9.59 Å². The zero-order valence-corrected chi connectivity index (χ0v) is 16.4. The zero-order chi connectivity index (χ0) is 18.5. The van der Waals surface area contributed by atoms with E-state index in [2.05, 4.69) is 21.2 Å². The van der Waals surface area contributed by atoms with Crippen molar-refractivity contribution in [1.82, 2.24) is 0 Å². The first-order valence-corrected chi connectivity index (χ1v) is 9.95. The third-order valence-corrected chi connectivity index (χ3v) is 5.15. The average molecular weight is 426 g/mol. The van der Waals surface area contributed by atoms with Crippen LogP contribution in [0.3, 0.4) is 0 Å². The summed E-state index contributed by atoms with van der Waals surface area (Å²) in [6.45, 7) is 0. The Bertz CT molecular complexity index is 957. The Hall–Kier alpha value is -2.37. The highest BCUT2D eigenvalue weighted by molar-refractivity contribution is 9.10. The maximum absolute atomic E-state index is 12.9. The molecule has 0 bridgehead atoms. The van der Waals surface area contributed by atoms with Crippen LogP contribution in [0, 0.1) is 0 Å². The number of thioether (sulfide) groups is 1. The van der Waals surface area contributed by atoms with Gasteiger partial charge >= 0.3 is 0 Å². The average Bonchev–Trinajstić information content (AvgIpc) is 2.69. The Morgan fingerprint density at radius 1 is 0.885 bits per heavy atom. The molecule has 0 fully saturated rings. The second kappa shape index (κ2) is 8.34. The maximum atomic E-state index is 12.9. The molecule has 0 unspecified atom stereocenters. The fraction of sp³-hybridized carbons (Fsp3) is 0.0476. The van der Waals surface area contributed by atoms with E-state index < -0.39 is 0 Å². The van der Waals surface area contributed by atoms with Gasteiger partial charge in [-0.2, -0.15) is 0 Å². The summed E-state index contributed by atoms with van der Waals surface area (Å²) in [5.41, 5.74) is 2.09. The topological polar surface area (TPSA) is 46.2 Å². The van der Waals surface area contributed by atoms with Gasteiger partial charge in [0.05, 0.1) is 11.3 Å². The summed E-state index contributed by atoms with van der Waals surface area (Å²) in [5.74, 6) is -0.375. The molecular formula is C21H16BrNO2S. The van der Waals surface area contributed by atoms with Crippen molar-refractivity contribution in [2.24, 2.45) is 0 Å². The number of hydrogen-bond donors (Lipinski definition) is 1. The van der Waals surface area contributed by atoms with Crippen molar-refractivity contribution in [3.8, 4) is 0 Å². The molecule has 0 spiro atoms. The number of hydrogen-bond acceptors (Lipinski definition) is 3. The van der Waals surface area contributed by atoms with E-state index in [1.54, 1.807) is 36.4 Å². The fourth-order valence-corrected chi connectivity index (χ4v) is 3.54. The molecule has 3 aromatic carbocycles. The van der Waals surface area contributed by atoms with E-state index in [-0.39, 0.29) is 11.7 Å². The van der Waals surface area contributed by atoms with Crippen molar-refractivity contribution < 1.29 is 9.59 Å². The third kappa shape index (κ3) is 4.06. The van der Waals surface area contributed by atoms with Crippen LogP contribution in [0.2, 0.25) is 0 Å². The summed E-state index contributed by atoms with van der Waals surface area (Å²) in [5, 5.41) is 2.89. The molecule has 1 amide bonds. The third-order valence-electron chi connectivity index (χ3n) is 3.86. The van der Waals surface area contributed by atoms with Crippen LogP contribution in [-0.2, 0) is 0 Å². The lowest BCUT2D eigenvalue weighted by molar-refractivity contribution is 0.102. The predicted octanol–water partition coefficient (Wildman–Crippen LogP) is 5.65. The van der Waals surface area contributed by atoms with Crippen molar-refractivity contribution in [2.75, 3.05) is 11.6 Å². The van der Waals surface area contributed by atoms with E-state index in [0.29, 0.717) is 22.4 Å². The normalized spacial score (nSPS) is 10.4. The molecule has 3 aromatic rings. The van der Waals surface area contributed by atoms with E-state index in [4.69, 9.17) is 0 Å². The molecule has 1 N–H and O–H groups in total. The summed E-state index contributed by atoms with van der Waals surface area (Å²) < 4.78 is 0.777. The standard InChI is InChI=1S/C21H16BrNO2S/c1-26-19-10-6-5-9-16(19)21(25)23-18-12-11-15(22)13-17(18)20(24)14-7-3-2-4-8-14/h2-13H,1H3,(H,23,25). The van der Waals surface area contributed by atoms with Gasteiger partial charge in [-0.15, -0.1) is 11.8 Å². The number of halogens is 1. The summed E-state index contributed by atoms with van der Waals surface area (Å²) in [7, 11) is 0. The molecule has 0 aliphatic carbocycles. The van der Waals surface area contributed by atoms with Crippen molar-refractivity contribution in [2.45, 2.75) is 4.90 Å². The number of carbonyl (C=O) groups is 2. The quantitative estimate of drug-likeness (QED) is 0.423. The molecule has 0 saturated carbocycles. The van der Waals surface area contributed by atoms with Gasteiger partial charge < -0.3 is 5.32 Å². The highest BCUT2D eigenvalue weighted by Crippen LogP contribution is 2.26. The van der Waals surface area contributed by atoms with Crippen LogP contribution in [0.25, 0.3) is 0 Å². The number of ketones is 1. The first-order valence-electron chi connectivity index (χ1n) is 7.94. The summed E-state index contributed by atoms with van der Waals surface area (Å²) in [6.07, 6.45) is 1.93. The second-order valence-corrected chi connectivity index (χ2v) is 7.30. The van der Waals surface area contributed by atoms with Crippen molar-refractivity contribution in [3.63, 3.8) is 0 Å². The molecule has 3 rings (SSSR count). The van der Waals surface area contributed by atoms with Gasteiger partial charge in [0.15, 0.2) is 5.78 Å². The van der Waals surface area contributed by atoms with Gasteiger partial charge in [0.2, 0.25) is 0 Å². The summed E-state index contributed by atoms with van der Waals surface area (Å²) >= 11 is 4.91. The fourth-order valence-electron chi connectivity index (χ4n) is 2.58. The number of benzene rings is 3. The molecule has 130 valence electrons. The molecule has 3 nitrogen and oxygen atoms in total. The lowest BCUT2D eigenvalue weighted by Crippen LogP contribution is -2.16. The van der Waals surface area contributed by atoms with Crippen LogP contribution < -0.4 is 5.32 Å². The van der Waals surface area contributed by atoms with Gasteiger partial charge in [0.1, 0.15) is 0 Å². The molecular weight excluding hydrogens is 410 g/mol. The molecule has 26 heavy (non-hydrogen) atoms. The number of nitrogens with one attached hydrogen (secondary N) is 1. The highest BCUT2D eigenvalue weighted by atomic mass is 79.9. The van der Waals surface area contributed by atoms with Gasteiger partial charge in [-0.05, 0) is 36.6 Å². The maximum Gasteiger partial charge on any atom is 0.256 e. The number of anilines is 1. The van der Waals surface area contributed by atoms with Gasteiger partial charge in [0, 0.05) is 20.5 Å². The molecule has 0 atom stereocenters. The van der Waals surface area contributed by atoms with Gasteiger partial charge in [-0.25, -0.2) is 0 Å². The smallest absolute Gasteiger partial charge is 0.256 e. The number of amides is 1. The van der Waals surface area contributed by atoms with Crippen LogP contribution in [0.4, 0.5) is 5.69 Å². The molecule has 0 aliphatic rings. The van der Waals surface area contributed by atoms with E-state index in [1.165, 1.54) is 11.8 Å². The van der Waals surface area contributed by atoms with Crippen LogP contribution in [0.1, 0.15) is 26.3 Å². The lowest BCUT2D eigenvalue weighted by Gasteiger charge is -2.13. The van der Waals surface area contributed by atoms with Crippen LogP contribution >= 0.6 is 27.7 Å². The highest BCUT2D eigenvalue weighted by Gasteiger charge is 2.17. The van der Waals surface area contributed by atoms with E-state index in [0.717, 1.165) is 9.37 Å². The van der Waals surface area contributed by atoms with Crippen molar-refractivity contribution in [3.05, 3.63) is 94.0 Å². The largest absolute Gasteiger partial charge is 0.321 e. The second-order valence-electron chi connectivity index (χ2n) is 5.54. The Balaban J connectivity index is 1.96. The molecule has 0 saturated heterocycles. The van der Waals surface area contributed by atoms with E-state index in [9.17, 15) is 9.59 Å². The van der Waals surface area contributed by atoms with Crippen LogP contribution in [0.5, 0.6) is 0 Å². The minimum atomic E-state index is -0.237. The Kier molecular flexibility index (Phi) is 5.91. The monoisotopic (exact) mass is 425 g/mol. The zero-order valence-electron chi connectivity index (χ0n) is 14.0. The van der Waals surface area contributed by atoms with Crippen molar-refractivity contribution in [1.29, 1.82) is 0 Å². The van der Waals surface area contributed by atoms with E-state index >= 15 is 0 Å². The minimum absolute atomic E-state index is 0.139. The molecule has 0 aliphatic heterocycles. The van der Waals surface area contributed by atoms with E-state index in [1.807, 2.05) is 42.7 Å².